The first-order chi connectivity index (χ1) is 15.4. The molecular weight excluding hydrogens is 426 g/mol. The highest BCUT2D eigenvalue weighted by atomic mass is 19.1. The number of carbonyl (C=O) groups is 2. The number of nitrogens with zero attached hydrogens (tertiary/aromatic N) is 2. The van der Waals surface area contributed by atoms with Gasteiger partial charge in [-0.15, -0.1) is 0 Å². The first-order valence-electron chi connectivity index (χ1n) is 11.5. The molecule has 3 rings (SSSR count). The Morgan fingerprint density at radius 1 is 1.24 bits per heavy atom. The second kappa shape index (κ2) is 9.65. The molecule has 2 atom stereocenters. The van der Waals surface area contributed by atoms with E-state index in [1.54, 1.807) is 19.0 Å². The van der Waals surface area contributed by atoms with Crippen LogP contribution >= 0.6 is 0 Å². The van der Waals surface area contributed by atoms with Crippen LogP contribution in [0.5, 0.6) is 0 Å². The molecule has 2 unspecified atom stereocenters. The van der Waals surface area contributed by atoms with Gasteiger partial charge in [-0.1, -0.05) is 18.2 Å². The van der Waals surface area contributed by atoms with Gasteiger partial charge in [0.15, 0.2) is 0 Å². The number of carbonyl (C=O) groups excluding carboxylic acids is 2. The van der Waals surface area contributed by atoms with E-state index in [0.29, 0.717) is 12.0 Å². The van der Waals surface area contributed by atoms with Crippen molar-refractivity contribution in [1.29, 1.82) is 0 Å². The molecule has 1 aromatic carbocycles. The molecular formula is C26H34F2N2O3. The van der Waals surface area contributed by atoms with E-state index >= 15 is 0 Å². The molecule has 1 aliphatic carbocycles. The van der Waals surface area contributed by atoms with Crippen LogP contribution in [0.25, 0.3) is 5.57 Å². The molecule has 5 nitrogen and oxygen atoms in total. The predicted molar refractivity (Wildman–Crippen MR) is 124 cm³/mol. The maximum Gasteiger partial charge on any atom is 0.320 e. The van der Waals surface area contributed by atoms with Gasteiger partial charge in [0.2, 0.25) is 0 Å². The van der Waals surface area contributed by atoms with Crippen molar-refractivity contribution in [2.24, 2.45) is 5.92 Å². The first-order valence-corrected chi connectivity index (χ1v) is 11.5. The number of benzene rings is 1. The minimum Gasteiger partial charge on any atom is -0.460 e. The van der Waals surface area contributed by atoms with E-state index in [2.05, 4.69) is 12.2 Å². The average molecular weight is 461 g/mol. The largest absolute Gasteiger partial charge is 0.460 e. The molecule has 0 spiro atoms. The zero-order chi connectivity index (χ0) is 24.4. The molecule has 0 bridgehead atoms. The van der Waals surface area contributed by atoms with Crippen LogP contribution in [0.1, 0.15) is 58.4 Å². The van der Waals surface area contributed by atoms with Crippen LogP contribution < -0.4 is 0 Å². The Bertz CT molecular complexity index is 965. The van der Waals surface area contributed by atoms with Crippen molar-refractivity contribution in [3.63, 3.8) is 0 Å². The Kier molecular flexibility index (Phi) is 7.29. The summed E-state index contributed by atoms with van der Waals surface area (Å²) in [5, 5.41) is 0. The van der Waals surface area contributed by atoms with E-state index in [4.69, 9.17) is 4.74 Å². The lowest BCUT2D eigenvalue weighted by Gasteiger charge is -2.44. The summed E-state index contributed by atoms with van der Waals surface area (Å²) in [7, 11) is 3.33. The lowest BCUT2D eigenvalue weighted by atomic mass is 9.74. The number of allylic oxidation sites excluding steroid dienone is 1. The number of halogens is 2. The zero-order valence-corrected chi connectivity index (χ0v) is 20.2. The molecule has 7 heteroatoms. The summed E-state index contributed by atoms with van der Waals surface area (Å²) in [6.45, 7) is 5.57. The number of hydrogen-bond donors (Lipinski definition) is 0. The number of urea groups is 1. The Labute approximate surface area is 195 Å². The number of rotatable bonds is 5. The van der Waals surface area contributed by atoms with E-state index < -0.39 is 22.8 Å². The second-order valence-corrected chi connectivity index (χ2v) is 10.1. The van der Waals surface area contributed by atoms with Gasteiger partial charge in [0.25, 0.3) is 0 Å². The van der Waals surface area contributed by atoms with E-state index in [1.165, 1.54) is 11.0 Å². The van der Waals surface area contributed by atoms with E-state index in [0.717, 1.165) is 31.4 Å². The zero-order valence-electron chi connectivity index (χ0n) is 20.2. The summed E-state index contributed by atoms with van der Waals surface area (Å²) in [6, 6.07) is 3.11. The number of esters is 1. The Balaban J connectivity index is 2.07. The van der Waals surface area contributed by atoms with Crippen molar-refractivity contribution in [2.45, 2.75) is 64.0 Å². The molecule has 0 saturated carbocycles. The SMILES string of the molecule is CN(C)C(=O)N1CC(c2cc(F)ccc2F)=CC1(CCC(=O)OC(C)(C)C)C1C=CCCC1. The van der Waals surface area contributed by atoms with Crippen LogP contribution in [-0.2, 0) is 9.53 Å². The molecule has 0 radical (unpaired) electrons. The van der Waals surface area contributed by atoms with Gasteiger partial charge in [-0.05, 0) is 70.2 Å². The maximum atomic E-state index is 14.7. The normalized spacial score (nSPS) is 22.8. The molecule has 0 N–H and O–H groups in total. The summed E-state index contributed by atoms with van der Waals surface area (Å²) in [5.74, 6) is -1.48. The third-order valence-corrected chi connectivity index (χ3v) is 6.19. The first kappa shape index (κ1) is 24.9. The van der Waals surface area contributed by atoms with Crippen molar-refractivity contribution >= 4 is 17.6 Å². The molecule has 2 amide bonds. The van der Waals surface area contributed by atoms with Gasteiger partial charge in [-0.25, -0.2) is 13.6 Å². The lowest BCUT2D eigenvalue weighted by molar-refractivity contribution is -0.155. The van der Waals surface area contributed by atoms with Crippen LogP contribution in [0.4, 0.5) is 13.6 Å². The van der Waals surface area contributed by atoms with E-state index in [-0.39, 0.29) is 36.4 Å². The molecule has 1 aromatic rings. The molecule has 0 saturated heterocycles. The number of hydrogen-bond acceptors (Lipinski definition) is 3. The smallest absolute Gasteiger partial charge is 0.320 e. The Hall–Kier alpha value is -2.70. The number of ether oxygens (including phenoxy) is 1. The standard InChI is InChI=1S/C26H34F2N2O3/c1-25(2,3)33-23(31)13-14-26(19-9-7-6-8-10-19)16-18(17-30(26)24(32)29(4)5)21-15-20(27)11-12-22(21)28/h7,9,11-12,15-16,19H,6,8,10,13-14,17H2,1-5H3. The van der Waals surface area contributed by atoms with Gasteiger partial charge in [0, 0.05) is 38.5 Å². The van der Waals surface area contributed by atoms with Gasteiger partial charge in [-0.2, -0.15) is 0 Å². The third-order valence-electron chi connectivity index (χ3n) is 6.19. The second-order valence-electron chi connectivity index (χ2n) is 10.1. The summed E-state index contributed by atoms with van der Waals surface area (Å²) in [6.07, 6.45) is 9.25. The topological polar surface area (TPSA) is 49.9 Å². The van der Waals surface area contributed by atoms with Gasteiger partial charge in [0.1, 0.15) is 17.2 Å². The molecule has 180 valence electrons. The molecule has 0 aromatic heterocycles. The fraction of sp³-hybridized carbons (Fsp3) is 0.538. The summed E-state index contributed by atoms with van der Waals surface area (Å²) < 4.78 is 34.2. The van der Waals surface area contributed by atoms with Crippen LogP contribution in [-0.4, -0.2) is 53.6 Å². The Morgan fingerprint density at radius 2 is 1.97 bits per heavy atom. The lowest BCUT2D eigenvalue weighted by Crippen LogP contribution is -2.55. The fourth-order valence-electron chi connectivity index (χ4n) is 4.76. The van der Waals surface area contributed by atoms with E-state index in [1.807, 2.05) is 26.8 Å². The summed E-state index contributed by atoms with van der Waals surface area (Å²) in [4.78, 5) is 29.1. The molecule has 0 fully saturated rings. The van der Waals surface area contributed by atoms with Crippen molar-refractivity contribution in [2.75, 3.05) is 20.6 Å². The van der Waals surface area contributed by atoms with Gasteiger partial charge >= 0.3 is 12.0 Å². The average Bonchev–Trinajstić information content (AvgIpc) is 3.13. The van der Waals surface area contributed by atoms with Crippen LogP contribution in [0.15, 0.2) is 36.4 Å². The summed E-state index contributed by atoms with van der Waals surface area (Å²) in [5.41, 5.74) is -0.769. The molecule has 1 aliphatic heterocycles. The van der Waals surface area contributed by atoms with Crippen LogP contribution in [0.3, 0.4) is 0 Å². The van der Waals surface area contributed by atoms with Crippen LogP contribution in [0, 0.1) is 17.6 Å². The van der Waals surface area contributed by atoms with Gasteiger partial charge in [0.05, 0.1) is 5.54 Å². The van der Waals surface area contributed by atoms with Crippen LogP contribution in [0.2, 0.25) is 0 Å². The highest BCUT2D eigenvalue weighted by Crippen LogP contribution is 2.45. The minimum atomic E-state index is -0.844. The van der Waals surface area contributed by atoms with Crippen molar-refractivity contribution in [3.05, 3.63) is 53.6 Å². The van der Waals surface area contributed by atoms with Crippen molar-refractivity contribution < 1.29 is 23.1 Å². The molecule has 1 heterocycles. The highest BCUT2D eigenvalue weighted by molar-refractivity contribution is 5.83. The highest BCUT2D eigenvalue weighted by Gasteiger charge is 2.49. The van der Waals surface area contributed by atoms with Gasteiger partial charge < -0.3 is 14.5 Å². The van der Waals surface area contributed by atoms with Crippen molar-refractivity contribution in [3.8, 4) is 0 Å². The van der Waals surface area contributed by atoms with Crippen molar-refractivity contribution in [1.82, 2.24) is 9.80 Å². The predicted octanol–water partition coefficient (Wildman–Crippen LogP) is 5.56. The number of amides is 2. The Morgan fingerprint density at radius 3 is 2.58 bits per heavy atom. The van der Waals surface area contributed by atoms with Gasteiger partial charge in [-0.3, -0.25) is 4.79 Å². The minimum absolute atomic E-state index is 0.0493. The van der Waals surface area contributed by atoms with E-state index in [9.17, 15) is 18.4 Å². The quantitative estimate of drug-likeness (QED) is 0.427. The molecule has 2 aliphatic rings. The maximum absolute atomic E-state index is 14.7. The monoisotopic (exact) mass is 460 g/mol. The third kappa shape index (κ3) is 5.63. The summed E-state index contributed by atoms with van der Waals surface area (Å²) >= 11 is 0. The fourth-order valence-corrected chi connectivity index (χ4v) is 4.76. The molecule has 33 heavy (non-hydrogen) atoms.